The van der Waals surface area contributed by atoms with E-state index in [2.05, 4.69) is 5.10 Å². The van der Waals surface area contributed by atoms with Crippen molar-refractivity contribution < 1.29 is 9.84 Å². The van der Waals surface area contributed by atoms with Crippen molar-refractivity contribution in [2.75, 3.05) is 7.11 Å². The molecule has 1 atom stereocenters. The Kier molecular flexibility index (Phi) is 5.26. The van der Waals surface area contributed by atoms with Crippen LogP contribution in [0.2, 0.25) is 5.02 Å². The molecule has 1 aromatic carbocycles. The molecule has 4 nitrogen and oxygen atoms in total. The fraction of sp³-hybridized carbons (Fsp3) is 0.438. The third kappa shape index (κ3) is 3.57. The lowest BCUT2D eigenvalue weighted by Crippen LogP contribution is -2.17. The predicted molar refractivity (Wildman–Crippen MR) is 84.1 cm³/mol. The third-order valence-corrected chi connectivity index (χ3v) is 4.02. The number of aliphatic hydroxyl groups is 1. The Labute approximate surface area is 130 Å². The summed E-state index contributed by atoms with van der Waals surface area (Å²) in [4.78, 5) is 0. The Hall–Kier alpha value is -1.52. The van der Waals surface area contributed by atoms with Crippen LogP contribution in [-0.4, -0.2) is 28.1 Å². The summed E-state index contributed by atoms with van der Waals surface area (Å²) < 4.78 is 7.16. The lowest BCUT2D eigenvalue weighted by atomic mass is 10.0. The van der Waals surface area contributed by atoms with Gasteiger partial charge >= 0.3 is 0 Å². The Morgan fingerprint density at radius 2 is 2.05 bits per heavy atom. The van der Waals surface area contributed by atoms with E-state index in [1.165, 1.54) is 0 Å². The van der Waals surface area contributed by atoms with Gasteiger partial charge in [-0.05, 0) is 25.5 Å². The van der Waals surface area contributed by atoms with Gasteiger partial charge in [0.05, 0.1) is 29.6 Å². The second-order valence-corrected chi connectivity index (χ2v) is 5.41. The van der Waals surface area contributed by atoms with E-state index in [9.17, 15) is 5.11 Å². The first kappa shape index (κ1) is 15.9. The van der Waals surface area contributed by atoms with E-state index >= 15 is 0 Å². The average molecular weight is 309 g/mol. The Morgan fingerprint density at radius 3 is 2.71 bits per heavy atom. The van der Waals surface area contributed by atoms with Crippen LogP contribution >= 0.6 is 11.6 Å². The van der Waals surface area contributed by atoms with Crippen molar-refractivity contribution in [3.63, 3.8) is 0 Å². The van der Waals surface area contributed by atoms with E-state index < -0.39 is 6.10 Å². The van der Waals surface area contributed by atoms with Crippen molar-refractivity contribution >= 4 is 11.6 Å². The van der Waals surface area contributed by atoms with Gasteiger partial charge in [-0.3, -0.25) is 4.68 Å². The summed E-state index contributed by atoms with van der Waals surface area (Å²) in [5, 5.41) is 15.4. The van der Waals surface area contributed by atoms with Crippen LogP contribution < -0.4 is 4.74 Å². The monoisotopic (exact) mass is 308 g/mol. The zero-order chi connectivity index (χ0) is 15.4. The zero-order valence-electron chi connectivity index (χ0n) is 12.6. The molecule has 114 valence electrons. The van der Waals surface area contributed by atoms with E-state index in [4.69, 9.17) is 16.3 Å². The molecule has 0 saturated carbocycles. The van der Waals surface area contributed by atoms with E-state index in [1.807, 2.05) is 42.8 Å². The molecule has 2 aromatic rings. The number of para-hydroxylation sites is 1. The van der Waals surface area contributed by atoms with E-state index in [-0.39, 0.29) is 0 Å². The number of nitrogens with zero attached hydrogens (tertiary/aromatic N) is 2. The average Bonchev–Trinajstić information content (AvgIpc) is 2.75. The van der Waals surface area contributed by atoms with Crippen molar-refractivity contribution in [1.82, 2.24) is 9.78 Å². The summed E-state index contributed by atoms with van der Waals surface area (Å²) >= 11 is 6.28. The van der Waals surface area contributed by atoms with Crippen molar-refractivity contribution in [1.29, 1.82) is 0 Å². The van der Waals surface area contributed by atoms with E-state index in [0.29, 0.717) is 17.9 Å². The number of aryl methyl sites for hydroxylation is 2. The highest BCUT2D eigenvalue weighted by Gasteiger charge is 2.17. The first-order valence-electron chi connectivity index (χ1n) is 7.08. The molecule has 5 heteroatoms. The van der Waals surface area contributed by atoms with Gasteiger partial charge in [-0.2, -0.15) is 5.10 Å². The molecule has 1 heterocycles. The molecule has 0 amide bonds. The number of methoxy groups -OCH3 is 1. The molecule has 0 aliphatic carbocycles. The van der Waals surface area contributed by atoms with Crippen LogP contribution in [0, 0.1) is 6.92 Å². The number of hydrogen-bond donors (Lipinski definition) is 1. The molecule has 1 unspecified atom stereocenters. The summed E-state index contributed by atoms with van der Waals surface area (Å²) in [5.41, 5.74) is 2.68. The minimum absolute atomic E-state index is 0.478. The maximum atomic E-state index is 10.4. The zero-order valence-corrected chi connectivity index (χ0v) is 13.4. The van der Waals surface area contributed by atoms with Crippen LogP contribution in [0.4, 0.5) is 0 Å². The molecule has 0 fully saturated rings. The van der Waals surface area contributed by atoms with Gasteiger partial charge in [0.15, 0.2) is 0 Å². The van der Waals surface area contributed by atoms with Crippen molar-refractivity contribution in [2.24, 2.45) is 0 Å². The molecule has 0 spiro atoms. The maximum Gasteiger partial charge on any atom is 0.122 e. The van der Waals surface area contributed by atoms with E-state index in [1.54, 1.807) is 7.11 Å². The minimum atomic E-state index is -0.528. The molecule has 0 radical (unpaired) electrons. The summed E-state index contributed by atoms with van der Waals surface area (Å²) in [7, 11) is 1.64. The van der Waals surface area contributed by atoms with Crippen LogP contribution in [0.25, 0.3) is 0 Å². The quantitative estimate of drug-likeness (QED) is 0.892. The van der Waals surface area contributed by atoms with Crippen molar-refractivity contribution in [3.8, 4) is 5.75 Å². The minimum Gasteiger partial charge on any atom is -0.496 e. The first-order chi connectivity index (χ1) is 10.1. The largest absolute Gasteiger partial charge is 0.496 e. The van der Waals surface area contributed by atoms with Gasteiger partial charge in [0.2, 0.25) is 0 Å². The summed E-state index contributed by atoms with van der Waals surface area (Å²) in [5.74, 6) is 0.794. The molecule has 1 aromatic heterocycles. The normalized spacial score (nSPS) is 12.4. The van der Waals surface area contributed by atoms with Crippen LogP contribution in [-0.2, 0) is 19.4 Å². The summed E-state index contributed by atoms with van der Waals surface area (Å²) in [6, 6.07) is 7.72. The predicted octanol–water partition coefficient (Wildman–Crippen LogP) is 3.02. The van der Waals surface area contributed by atoms with Crippen molar-refractivity contribution in [3.05, 3.63) is 46.2 Å². The lowest BCUT2D eigenvalue weighted by molar-refractivity contribution is 0.171. The lowest BCUT2D eigenvalue weighted by Gasteiger charge is -2.14. The Bertz CT molecular complexity index is 610. The number of halogens is 1. The highest BCUT2D eigenvalue weighted by atomic mass is 35.5. The van der Waals surface area contributed by atoms with Gasteiger partial charge < -0.3 is 9.84 Å². The highest BCUT2D eigenvalue weighted by molar-refractivity contribution is 6.31. The molecule has 21 heavy (non-hydrogen) atoms. The second-order valence-electron chi connectivity index (χ2n) is 5.04. The van der Waals surface area contributed by atoms with Gasteiger partial charge in [0.1, 0.15) is 5.75 Å². The number of aromatic nitrogens is 2. The molecule has 0 aliphatic heterocycles. The molecule has 0 bridgehead atoms. The van der Waals surface area contributed by atoms with E-state index in [0.717, 1.165) is 29.2 Å². The molecular formula is C16H21ClN2O2. The fourth-order valence-corrected chi connectivity index (χ4v) is 2.70. The van der Waals surface area contributed by atoms with Crippen LogP contribution in [0.15, 0.2) is 24.3 Å². The number of rotatable bonds is 6. The first-order valence-corrected chi connectivity index (χ1v) is 7.46. The number of benzene rings is 1. The summed E-state index contributed by atoms with van der Waals surface area (Å²) in [6.07, 6.45) is 0.472. The molecule has 2 rings (SSSR count). The van der Waals surface area contributed by atoms with Gasteiger partial charge in [-0.1, -0.05) is 29.8 Å². The van der Waals surface area contributed by atoms with Gasteiger partial charge in [-0.15, -0.1) is 0 Å². The number of ether oxygens (including phenoxy) is 1. The fourth-order valence-electron chi connectivity index (χ4n) is 2.48. The van der Waals surface area contributed by atoms with Gasteiger partial charge in [-0.25, -0.2) is 0 Å². The topological polar surface area (TPSA) is 47.3 Å². The van der Waals surface area contributed by atoms with Gasteiger partial charge in [0, 0.05) is 19.4 Å². The highest BCUT2D eigenvalue weighted by Crippen LogP contribution is 2.24. The number of hydrogen-bond acceptors (Lipinski definition) is 3. The van der Waals surface area contributed by atoms with Crippen LogP contribution in [0.3, 0.4) is 0 Å². The third-order valence-electron chi connectivity index (χ3n) is 3.53. The second kappa shape index (κ2) is 6.96. The number of aliphatic hydroxyl groups excluding tert-OH is 1. The van der Waals surface area contributed by atoms with Gasteiger partial charge in [0.25, 0.3) is 0 Å². The Balaban J connectivity index is 2.13. The molecule has 0 saturated heterocycles. The molecule has 0 aliphatic rings. The SMILES string of the molecule is CCn1nc(C)c(Cl)c1CC(O)Cc1ccccc1OC. The smallest absolute Gasteiger partial charge is 0.122 e. The Morgan fingerprint density at radius 1 is 1.33 bits per heavy atom. The molecule has 1 N–H and O–H groups in total. The maximum absolute atomic E-state index is 10.4. The summed E-state index contributed by atoms with van der Waals surface area (Å²) in [6.45, 7) is 4.63. The van der Waals surface area contributed by atoms with Crippen molar-refractivity contribution in [2.45, 2.75) is 39.3 Å². The van der Waals surface area contributed by atoms with Crippen LogP contribution in [0.5, 0.6) is 5.75 Å². The standard InChI is InChI=1S/C16H21ClN2O2/c1-4-19-14(16(17)11(2)18-19)10-13(20)9-12-7-5-6-8-15(12)21-3/h5-8,13,20H,4,9-10H2,1-3H3. The van der Waals surface area contributed by atoms with Crippen LogP contribution in [0.1, 0.15) is 23.9 Å². The molecular weight excluding hydrogens is 288 g/mol.